The lowest BCUT2D eigenvalue weighted by Crippen LogP contribution is -2.24. The Hall–Kier alpha value is -2.32. The molecule has 6 nitrogen and oxygen atoms in total. The van der Waals surface area contributed by atoms with Crippen LogP contribution in [0.3, 0.4) is 0 Å². The highest BCUT2D eigenvalue weighted by molar-refractivity contribution is 8.02. The maximum Gasteiger partial charge on any atom is 0.252 e. The highest BCUT2D eigenvalue weighted by atomic mass is 32.2. The first-order chi connectivity index (χ1) is 14.4. The van der Waals surface area contributed by atoms with Gasteiger partial charge in [0.1, 0.15) is 0 Å². The molecule has 2 aromatic carbocycles. The first-order valence-electron chi connectivity index (χ1n) is 10.0. The molecule has 0 radical (unpaired) electrons. The summed E-state index contributed by atoms with van der Waals surface area (Å²) in [7, 11) is -2.95. The summed E-state index contributed by atoms with van der Waals surface area (Å²) in [4.78, 5) is 27.2. The molecule has 2 fully saturated rings. The van der Waals surface area contributed by atoms with Crippen LogP contribution in [0.5, 0.6) is 0 Å². The number of anilines is 1. The number of amides is 2. The number of nitrogens with zero attached hydrogens (tertiary/aromatic N) is 1. The number of carbonyl (C=O) groups is 2. The average molecular weight is 445 g/mol. The fourth-order valence-corrected chi connectivity index (χ4v) is 7.41. The molecule has 2 aromatic rings. The van der Waals surface area contributed by atoms with Crippen molar-refractivity contribution in [1.82, 2.24) is 5.32 Å². The molecule has 2 saturated heterocycles. The first kappa shape index (κ1) is 20.9. The molecule has 1 atom stereocenters. The molecule has 2 amide bonds. The van der Waals surface area contributed by atoms with Gasteiger partial charge in [-0.3, -0.25) is 9.59 Å². The zero-order valence-corrected chi connectivity index (χ0v) is 18.2. The van der Waals surface area contributed by atoms with Crippen molar-refractivity contribution in [2.45, 2.75) is 36.0 Å². The van der Waals surface area contributed by atoms with Crippen molar-refractivity contribution in [3.05, 3.63) is 59.7 Å². The maximum absolute atomic E-state index is 12.8. The van der Waals surface area contributed by atoms with E-state index in [-0.39, 0.29) is 28.6 Å². The fourth-order valence-electron chi connectivity index (χ4n) is 3.78. The second kappa shape index (κ2) is 8.81. The second-order valence-corrected chi connectivity index (χ2v) is 11.2. The Labute approximate surface area is 181 Å². The highest BCUT2D eigenvalue weighted by Gasteiger charge is 2.29. The molecule has 0 bridgehead atoms. The molecule has 8 heteroatoms. The Kier molecular flexibility index (Phi) is 6.15. The molecule has 158 valence electrons. The van der Waals surface area contributed by atoms with E-state index in [1.54, 1.807) is 11.0 Å². The minimum absolute atomic E-state index is 0.00945. The van der Waals surface area contributed by atoms with Gasteiger partial charge in [-0.25, -0.2) is 8.42 Å². The zero-order valence-electron chi connectivity index (χ0n) is 16.5. The molecular weight excluding hydrogens is 420 g/mol. The Morgan fingerprint density at radius 1 is 1.13 bits per heavy atom. The summed E-state index contributed by atoms with van der Waals surface area (Å²) >= 11 is 1.47. The van der Waals surface area contributed by atoms with Crippen LogP contribution < -0.4 is 10.2 Å². The number of sulfone groups is 1. The van der Waals surface area contributed by atoms with Crippen LogP contribution in [-0.4, -0.2) is 43.5 Å². The van der Waals surface area contributed by atoms with E-state index < -0.39 is 9.84 Å². The van der Waals surface area contributed by atoms with Gasteiger partial charge in [-0.05, 0) is 42.7 Å². The van der Waals surface area contributed by atoms with E-state index in [0.29, 0.717) is 24.9 Å². The number of thioether (sulfide) groups is 1. The molecule has 0 aliphatic carbocycles. The van der Waals surface area contributed by atoms with Crippen LogP contribution in [0.2, 0.25) is 0 Å². The second-order valence-electron chi connectivity index (χ2n) is 7.64. The summed E-state index contributed by atoms with van der Waals surface area (Å²) in [6.07, 6.45) is 2.11. The Balaban J connectivity index is 1.38. The quantitative estimate of drug-likeness (QED) is 0.741. The molecule has 4 rings (SSSR count). The molecule has 0 spiro atoms. The van der Waals surface area contributed by atoms with Gasteiger partial charge in [0.05, 0.1) is 17.1 Å². The van der Waals surface area contributed by atoms with Gasteiger partial charge in [0.25, 0.3) is 5.91 Å². The zero-order chi connectivity index (χ0) is 21.1. The van der Waals surface area contributed by atoms with Crippen LogP contribution in [0.25, 0.3) is 0 Å². The summed E-state index contributed by atoms with van der Waals surface area (Å²) < 4.78 is 23.4. The van der Waals surface area contributed by atoms with Gasteiger partial charge in [0, 0.05) is 35.3 Å². The largest absolute Gasteiger partial charge is 0.348 e. The summed E-state index contributed by atoms with van der Waals surface area (Å²) in [5.41, 5.74) is 2.40. The molecule has 30 heavy (non-hydrogen) atoms. The van der Waals surface area contributed by atoms with Crippen LogP contribution >= 0.6 is 11.8 Å². The average Bonchev–Trinajstić information content (AvgIpc) is 3.31. The van der Waals surface area contributed by atoms with Crippen molar-refractivity contribution in [3.63, 3.8) is 0 Å². The van der Waals surface area contributed by atoms with Crippen molar-refractivity contribution in [1.29, 1.82) is 0 Å². The molecule has 2 aliphatic heterocycles. The number of carbonyl (C=O) groups excluding carboxylic acids is 2. The van der Waals surface area contributed by atoms with Gasteiger partial charge in [0.2, 0.25) is 5.91 Å². The Morgan fingerprint density at radius 3 is 2.57 bits per heavy atom. The van der Waals surface area contributed by atoms with Crippen molar-refractivity contribution in [2.75, 3.05) is 23.0 Å². The predicted octanol–water partition coefficient (Wildman–Crippen LogP) is 3.02. The van der Waals surface area contributed by atoms with Gasteiger partial charge < -0.3 is 10.2 Å². The predicted molar refractivity (Wildman–Crippen MR) is 119 cm³/mol. The number of nitrogens with one attached hydrogen (secondary N) is 1. The smallest absolute Gasteiger partial charge is 0.252 e. The normalized spacial score (nSPS) is 20.5. The van der Waals surface area contributed by atoms with Gasteiger partial charge in [-0.1, -0.05) is 24.3 Å². The SMILES string of the molecule is O=C(NCc1ccc(N2CCCC2=O)cc1)c1ccccc1SC1CCS(=O)(=O)C1. The van der Waals surface area contributed by atoms with Crippen LogP contribution in [0.15, 0.2) is 53.4 Å². The summed E-state index contributed by atoms with van der Waals surface area (Å²) in [6, 6.07) is 15.0. The van der Waals surface area contributed by atoms with Gasteiger partial charge in [0.15, 0.2) is 9.84 Å². The third kappa shape index (κ3) is 4.87. The van der Waals surface area contributed by atoms with E-state index in [1.807, 2.05) is 42.5 Å². The maximum atomic E-state index is 12.8. The minimum atomic E-state index is -2.95. The number of hydrogen-bond acceptors (Lipinski definition) is 5. The van der Waals surface area contributed by atoms with E-state index in [9.17, 15) is 18.0 Å². The van der Waals surface area contributed by atoms with Gasteiger partial charge in [-0.15, -0.1) is 11.8 Å². The van der Waals surface area contributed by atoms with Crippen molar-refractivity contribution >= 4 is 39.1 Å². The van der Waals surface area contributed by atoms with Crippen molar-refractivity contribution < 1.29 is 18.0 Å². The first-order valence-corrected chi connectivity index (χ1v) is 12.7. The van der Waals surface area contributed by atoms with E-state index >= 15 is 0 Å². The van der Waals surface area contributed by atoms with Crippen LogP contribution in [0.1, 0.15) is 35.2 Å². The summed E-state index contributed by atoms with van der Waals surface area (Å²) in [5.74, 6) is 0.357. The lowest BCUT2D eigenvalue weighted by atomic mass is 10.1. The van der Waals surface area contributed by atoms with Crippen molar-refractivity contribution in [3.8, 4) is 0 Å². The van der Waals surface area contributed by atoms with E-state index in [2.05, 4.69) is 5.32 Å². The molecule has 0 saturated carbocycles. The third-order valence-corrected chi connectivity index (χ3v) is 8.72. The van der Waals surface area contributed by atoms with Crippen LogP contribution in [0.4, 0.5) is 5.69 Å². The lowest BCUT2D eigenvalue weighted by Gasteiger charge is -2.16. The summed E-state index contributed by atoms with van der Waals surface area (Å²) in [5, 5.41) is 2.93. The third-order valence-electron chi connectivity index (χ3n) is 5.39. The number of hydrogen-bond donors (Lipinski definition) is 1. The molecule has 1 N–H and O–H groups in total. The topological polar surface area (TPSA) is 83.6 Å². The Morgan fingerprint density at radius 2 is 1.90 bits per heavy atom. The van der Waals surface area contributed by atoms with Crippen LogP contribution in [0, 0.1) is 0 Å². The van der Waals surface area contributed by atoms with Crippen LogP contribution in [-0.2, 0) is 21.2 Å². The van der Waals surface area contributed by atoms with Gasteiger partial charge in [-0.2, -0.15) is 0 Å². The number of benzene rings is 2. The number of rotatable bonds is 6. The standard InChI is InChI=1S/C22H24N2O4S2/c25-21-6-3-12-24(21)17-9-7-16(8-10-17)14-23-22(26)19-4-1-2-5-20(19)29-18-11-13-30(27,28)15-18/h1-2,4-5,7-10,18H,3,6,11-15H2,(H,23,26). The molecule has 2 aliphatic rings. The monoisotopic (exact) mass is 444 g/mol. The fraction of sp³-hybridized carbons (Fsp3) is 0.364. The van der Waals surface area contributed by atoms with E-state index in [4.69, 9.17) is 0 Å². The molecule has 1 unspecified atom stereocenters. The summed E-state index contributed by atoms with van der Waals surface area (Å²) in [6.45, 7) is 1.13. The van der Waals surface area contributed by atoms with Crippen molar-refractivity contribution in [2.24, 2.45) is 0 Å². The minimum Gasteiger partial charge on any atom is -0.348 e. The Bertz CT molecular complexity index is 1050. The van der Waals surface area contributed by atoms with Gasteiger partial charge >= 0.3 is 0 Å². The molecule has 2 heterocycles. The van der Waals surface area contributed by atoms with E-state index in [0.717, 1.165) is 29.1 Å². The van der Waals surface area contributed by atoms with E-state index in [1.165, 1.54) is 11.8 Å². The molecular formula is C22H24N2O4S2. The lowest BCUT2D eigenvalue weighted by molar-refractivity contribution is -0.117. The molecule has 0 aromatic heterocycles. The highest BCUT2D eigenvalue weighted by Crippen LogP contribution is 2.33.